The third-order valence-corrected chi connectivity index (χ3v) is 3.39. The standard InChI is InChI=1S/C13H20N2/c1-14-10-9-12-8-7-11-5-3-4-6-13(11)15(12)2/h3-6,12,14H,7-10H2,1-2H3. The van der Waals surface area contributed by atoms with Gasteiger partial charge in [0.1, 0.15) is 0 Å². The zero-order valence-electron chi connectivity index (χ0n) is 9.66. The van der Waals surface area contributed by atoms with Crippen molar-refractivity contribution in [1.82, 2.24) is 5.32 Å². The Bertz CT molecular complexity index is 322. The monoisotopic (exact) mass is 204 g/mol. The highest BCUT2D eigenvalue weighted by Gasteiger charge is 2.21. The lowest BCUT2D eigenvalue weighted by Crippen LogP contribution is -2.37. The van der Waals surface area contributed by atoms with E-state index in [9.17, 15) is 0 Å². The van der Waals surface area contributed by atoms with Crippen LogP contribution in [0.3, 0.4) is 0 Å². The number of rotatable bonds is 3. The summed E-state index contributed by atoms with van der Waals surface area (Å²) in [7, 11) is 4.25. The molecule has 2 rings (SSSR count). The molecule has 1 aromatic carbocycles. The smallest absolute Gasteiger partial charge is 0.0398 e. The highest BCUT2D eigenvalue weighted by Crippen LogP contribution is 2.29. The number of hydrogen-bond donors (Lipinski definition) is 1. The predicted molar refractivity (Wildman–Crippen MR) is 65.5 cm³/mol. The van der Waals surface area contributed by atoms with Gasteiger partial charge in [0.2, 0.25) is 0 Å². The lowest BCUT2D eigenvalue weighted by atomic mass is 9.94. The maximum atomic E-state index is 3.23. The van der Waals surface area contributed by atoms with Crippen LogP contribution < -0.4 is 10.2 Å². The van der Waals surface area contributed by atoms with Crippen LogP contribution in [0, 0.1) is 0 Å². The van der Waals surface area contributed by atoms with Crippen molar-refractivity contribution in [1.29, 1.82) is 0 Å². The molecule has 1 aromatic rings. The minimum absolute atomic E-state index is 0.701. The van der Waals surface area contributed by atoms with Crippen molar-refractivity contribution in [3.05, 3.63) is 29.8 Å². The number of benzene rings is 1. The van der Waals surface area contributed by atoms with E-state index in [-0.39, 0.29) is 0 Å². The third-order valence-electron chi connectivity index (χ3n) is 3.39. The van der Waals surface area contributed by atoms with E-state index in [1.165, 1.54) is 30.5 Å². The van der Waals surface area contributed by atoms with Crippen molar-refractivity contribution in [3.8, 4) is 0 Å². The Hall–Kier alpha value is -1.02. The Morgan fingerprint density at radius 2 is 2.20 bits per heavy atom. The molecular formula is C13H20N2. The second-order valence-electron chi connectivity index (χ2n) is 4.32. The van der Waals surface area contributed by atoms with Crippen molar-refractivity contribution in [2.24, 2.45) is 0 Å². The first kappa shape index (κ1) is 10.5. The molecule has 15 heavy (non-hydrogen) atoms. The fraction of sp³-hybridized carbons (Fsp3) is 0.538. The van der Waals surface area contributed by atoms with Gasteiger partial charge in [-0.3, -0.25) is 0 Å². The van der Waals surface area contributed by atoms with Gasteiger partial charge < -0.3 is 10.2 Å². The molecule has 0 aliphatic carbocycles. The number of fused-ring (bicyclic) bond motifs is 1. The van der Waals surface area contributed by atoms with Crippen LogP contribution in [0.25, 0.3) is 0 Å². The maximum Gasteiger partial charge on any atom is 0.0398 e. The van der Waals surface area contributed by atoms with E-state index in [1.54, 1.807) is 0 Å². The van der Waals surface area contributed by atoms with E-state index in [1.807, 2.05) is 7.05 Å². The summed E-state index contributed by atoms with van der Waals surface area (Å²) in [5, 5.41) is 3.23. The topological polar surface area (TPSA) is 15.3 Å². The van der Waals surface area contributed by atoms with E-state index in [0.29, 0.717) is 6.04 Å². The van der Waals surface area contributed by atoms with Crippen LogP contribution >= 0.6 is 0 Å². The van der Waals surface area contributed by atoms with Gasteiger partial charge in [-0.2, -0.15) is 0 Å². The summed E-state index contributed by atoms with van der Waals surface area (Å²) < 4.78 is 0. The van der Waals surface area contributed by atoms with Crippen molar-refractivity contribution in [3.63, 3.8) is 0 Å². The molecule has 0 amide bonds. The fourth-order valence-corrected chi connectivity index (χ4v) is 2.43. The second kappa shape index (κ2) is 4.67. The molecule has 2 heteroatoms. The molecular weight excluding hydrogens is 184 g/mol. The first-order chi connectivity index (χ1) is 7.33. The minimum Gasteiger partial charge on any atom is -0.371 e. The minimum atomic E-state index is 0.701. The van der Waals surface area contributed by atoms with E-state index in [2.05, 4.69) is 41.5 Å². The summed E-state index contributed by atoms with van der Waals surface area (Å²) in [6, 6.07) is 9.46. The van der Waals surface area contributed by atoms with Gasteiger partial charge in [-0.15, -0.1) is 0 Å². The molecule has 2 nitrogen and oxygen atoms in total. The number of nitrogens with zero attached hydrogens (tertiary/aromatic N) is 1. The Balaban J connectivity index is 2.11. The molecule has 1 atom stereocenters. The van der Waals surface area contributed by atoms with Crippen LogP contribution in [0.15, 0.2) is 24.3 Å². The number of hydrogen-bond acceptors (Lipinski definition) is 2. The van der Waals surface area contributed by atoms with Gasteiger partial charge >= 0.3 is 0 Å². The van der Waals surface area contributed by atoms with E-state index >= 15 is 0 Å². The highest BCUT2D eigenvalue weighted by atomic mass is 15.1. The molecule has 0 bridgehead atoms. The van der Waals surface area contributed by atoms with Gasteiger partial charge in [-0.05, 0) is 44.5 Å². The molecule has 0 saturated heterocycles. The summed E-state index contributed by atoms with van der Waals surface area (Å²) in [6.45, 7) is 1.11. The van der Waals surface area contributed by atoms with Gasteiger partial charge in [0.15, 0.2) is 0 Å². The molecule has 0 spiro atoms. The summed E-state index contributed by atoms with van der Waals surface area (Å²) >= 11 is 0. The predicted octanol–water partition coefficient (Wildman–Crippen LogP) is 2.05. The molecule has 1 aliphatic rings. The van der Waals surface area contributed by atoms with Crippen molar-refractivity contribution >= 4 is 5.69 Å². The summed E-state index contributed by atoms with van der Waals surface area (Å²) in [5.41, 5.74) is 2.92. The van der Waals surface area contributed by atoms with E-state index in [4.69, 9.17) is 0 Å². The lowest BCUT2D eigenvalue weighted by Gasteiger charge is -2.36. The van der Waals surface area contributed by atoms with Crippen LogP contribution in [0.5, 0.6) is 0 Å². The van der Waals surface area contributed by atoms with Crippen LogP contribution in [0.4, 0.5) is 5.69 Å². The Kier molecular flexibility index (Phi) is 3.27. The van der Waals surface area contributed by atoms with Gasteiger partial charge in [0.25, 0.3) is 0 Å². The zero-order valence-corrected chi connectivity index (χ0v) is 9.66. The van der Waals surface area contributed by atoms with Crippen molar-refractivity contribution < 1.29 is 0 Å². The quantitative estimate of drug-likeness (QED) is 0.810. The Morgan fingerprint density at radius 1 is 1.40 bits per heavy atom. The lowest BCUT2D eigenvalue weighted by molar-refractivity contribution is 0.510. The van der Waals surface area contributed by atoms with Crippen LogP contribution in [0.2, 0.25) is 0 Å². The van der Waals surface area contributed by atoms with Crippen LogP contribution in [-0.4, -0.2) is 26.7 Å². The Morgan fingerprint density at radius 3 is 3.00 bits per heavy atom. The van der Waals surface area contributed by atoms with E-state index in [0.717, 1.165) is 6.54 Å². The molecule has 0 saturated carbocycles. The zero-order chi connectivity index (χ0) is 10.7. The van der Waals surface area contributed by atoms with Gasteiger partial charge in [-0.1, -0.05) is 18.2 Å². The first-order valence-corrected chi connectivity index (χ1v) is 5.78. The molecule has 1 aliphatic heterocycles. The van der Waals surface area contributed by atoms with Crippen molar-refractivity contribution in [2.45, 2.75) is 25.3 Å². The average Bonchev–Trinajstić information content (AvgIpc) is 2.29. The van der Waals surface area contributed by atoms with Gasteiger partial charge in [0, 0.05) is 18.8 Å². The van der Waals surface area contributed by atoms with Crippen LogP contribution in [-0.2, 0) is 6.42 Å². The largest absolute Gasteiger partial charge is 0.371 e. The highest BCUT2D eigenvalue weighted by molar-refractivity contribution is 5.55. The third kappa shape index (κ3) is 2.15. The SMILES string of the molecule is CNCCC1CCc2ccccc2N1C. The Labute approximate surface area is 92.3 Å². The molecule has 0 radical (unpaired) electrons. The van der Waals surface area contributed by atoms with Gasteiger partial charge in [0.05, 0.1) is 0 Å². The van der Waals surface area contributed by atoms with E-state index < -0.39 is 0 Å². The molecule has 0 fully saturated rings. The number of nitrogens with one attached hydrogen (secondary N) is 1. The fourth-order valence-electron chi connectivity index (χ4n) is 2.43. The molecule has 1 N–H and O–H groups in total. The second-order valence-corrected chi connectivity index (χ2v) is 4.32. The summed E-state index contributed by atoms with van der Waals surface area (Å²) in [4.78, 5) is 2.44. The maximum absolute atomic E-state index is 3.23. The van der Waals surface area contributed by atoms with Crippen LogP contribution in [0.1, 0.15) is 18.4 Å². The first-order valence-electron chi connectivity index (χ1n) is 5.78. The molecule has 0 aromatic heterocycles. The van der Waals surface area contributed by atoms with Crippen molar-refractivity contribution in [2.75, 3.05) is 25.5 Å². The molecule has 1 heterocycles. The summed E-state index contributed by atoms with van der Waals surface area (Å²) in [6.07, 6.45) is 3.76. The normalized spacial score (nSPS) is 20.1. The molecule has 82 valence electrons. The number of para-hydroxylation sites is 1. The summed E-state index contributed by atoms with van der Waals surface area (Å²) in [5.74, 6) is 0. The van der Waals surface area contributed by atoms with Gasteiger partial charge in [-0.25, -0.2) is 0 Å². The molecule has 1 unspecified atom stereocenters. The number of anilines is 1. The average molecular weight is 204 g/mol. The number of aryl methyl sites for hydroxylation is 1.